The van der Waals surface area contributed by atoms with Gasteiger partial charge in [0.1, 0.15) is 0 Å². The number of hydrogen-bond acceptors (Lipinski definition) is 2. The Kier molecular flexibility index (Phi) is 3.92. The Hall–Kier alpha value is -1.06. The molecule has 0 heterocycles. The number of amides is 2. The van der Waals surface area contributed by atoms with Crippen LogP contribution < -0.4 is 10.6 Å². The number of rotatable bonds is 2. The van der Waals surface area contributed by atoms with Gasteiger partial charge in [-0.25, -0.2) is 0 Å². The molecule has 2 atom stereocenters. The highest BCUT2D eigenvalue weighted by Crippen LogP contribution is 2.18. The van der Waals surface area contributed by atoms with Crippen LogP contribution >= 0.6 is 0 Å². The van der Waals surface area contributed by atoms with E-state index in [2.05, 4.69) is 10.6 Å². The number of nitrogens with one attached hydrogen (secondary N) is 2. The summed E-state index contributed by atoms with van der Waals surface area (Å²) in [4.78, 5) is 21.7. The smallest absolute Gasteiger partial charge is 0.217 e. The fraction of sp³-hybridized carbons (Fsp3) is 0.800. The lowest BCUT2D eigenvalue weighted by Gasteiger charge is -2.29. The zero-order valence-electron chi connectivity index (χ0n) is 8.80. The van der Waals surface area contributed by atoms with E-state index in [1.165, 1.54) is 13.8 Å². The fourth-order valence-electron chi connectivity index (χ4n) is 2.03. The first-order valence-electron chi connectivity index (χ1n) is 5.12. The van der Waals surface area contributed by atoms with E-state index in [0.29, 0.717) is 0 Å². The Bertz CT molecular complexity index is 206. The molecule has 0 aromatic heterocycles. The van der Waals surface area contributed by atoms with Crippen molar-refractivity contribution in [2.24, 2.45) is 0 Å². The van der Waals surface area contributed by atoms with Gasteiger partial charge in [0.25, 0.3) is 0 Å². The molecular weight excluding hydrogens is 180 g/mol. The van der Waals surface area contributed by atoms with Crippen molar-refractivity contribution >= 4 is 11.8 Å². The monoisotopic (exact) mass is 198 g/mol. The maximum Gasteiger partial charge on any atom is 0.217 e. The summed E-state index contributed by atoms with van der Waals surface area (Å²) in [6.07, 6.45) is 3.97. The van der Waals surface area contributed by atoms with Gasteiger partial charge in [-0.15, -0.1) is 0 Å². The molecule has 4 heteroatoms. The van der Waals surface area contributed by atoms with E-state index in [0.717, 1.165) is 25.7 Å². The molecular formula is C10H18N2O2. The summed E-state index contributed by atoms with van der Waals surface area (Å²) in [5.41, 5.74) is 0. The highest BCUT2D eigenvalue weighted by molar-refractivity contribution is 5.74. The van der Waals surface area contributed by atoms with E-state index < -0.39 is 0 Å². The van der Waals surface area contributed by atoms with Crippen LogP contribution in [0.5, 0.6) is 0 Å². The maximum absolute atomic E-state index is 10.8. The second-order valence-corrected chi connectivity index (χ2v) is 3.96. The summed E-state index contributed by atoms with van der Waals surface area (Å²) in [6, 6.07) is 0.469. The van der Waals surface area contributed by atoms with Gasteiger partial charge in [-0.3, -0.25) is 9.59 Å². The molecule has 80 valence electrons. The third-order valence-electron chi connectivity index (χ3n) is 2.49. The summed E-state index contributed by atoms with van der Waals surface area (Å²) >= 11 is 0. The van der Waals surface area contributed by atoms with Gasteiger partial charge in [0.15, 0.2) is 0 Å². The van der Waals surface area contributed by atoms with E-state index in [9.17, 15) is 9.59 Å². The van der Waals surface area contributed by atoms with Crippen molar-refractivity contribution in [2.75, 3.05) is 0 Å². The molecule has 2 amide bonds. The summed E-state index contributed by atoms with van der Waals surface area (Å²) in [5.74, 6) is 0.0250. The van der Waals surface area contributed by atoms with Crippen LogP contribution in [0.15, 0.2) is 0 Å². The summed E-state index contributed by atoms with van der Waals surface area (Å²) < 4.78 is 0. The van der Waals surface area contributed by atoms with Crippen LogP contribution in [0.1, 0.15) is 39.5 Å². The molecule has 1 rings (SSSR count). The van der Waals surface area contributed by atoms with Crippen molar-refractivity contribution in [3.05, 3.63) is 0 Å². The molecule has 4 nitrogen and oxygen atoms in total. The van der Waals surface area contributed by atoms with Gasteiger partial charge in [0, 0.05) is 25.9 Å². The third kappa shape index (κ3) is 3.77. The van der Waals surface area contributed by atoms with E-state index in [-0.39, 0.29) is 23.9 Å². The summed E-state index contributed by atoms with van der Waals surface area (Å²) in [5, 5.41) is 5.79. The van der Waals surface area contributed by atoms with Crippen molar-refractivity contribution in [2.45, 2.75) is 51.6 Å². The minimum Gasteiger partial charge on any atom is -0.354 e. The van der Waals surface area contributed by atoms with Crippen molar-refractivity contribution in [3.8, 4) is 0 Å². The summed E-state index contributed by atoms with van der Waals surface area (Å²) in [6.45, 7) is 3.06. The van der Waals surface area contributed by atoms with Crippen LogP contribution in [0.2, 0.25) is 0 Å². The molecule has 0 radical (unpaired) electrons. The lowest BCUT2D eigenvalue weighted by Crippen LogP contribution is -2.44. The minimum absolute atomic E-state index is 0.0125. The molecule has 1 aliphatic rings. The van der Waals surface area contributed by atoms with Gasteiger partial charge in [-0.1, -0.05) is 0 Å². The molecule has 0 aromatic carbocycles. The van der Waals surface area contributed by atoms with Gasteiger partial charge < -0.3 is 10.6 Å². The normalized spacial score (nSPS) is 26.7. The molecule has 0 spiro atoms. The average Bonchev–Trinajstić information content (AvgIpc) is 2.01. The van der Waals surface area contributed by atoms with Crippen molar-refractivity contribution < 1.29 is 9.59 Å². The van der Waals surface area contributed by atoms with Gasteiger partial charge in [-0.2, -0.15) is 0 Å². The standard InChI is InChI=1S/C10H18N2O2/c1-7(13)11-9-4-3-5-10(6-9)12-8(2)14/h9-10H,3-6H2,1-2H3,(H,11,13)(H,12,14)/t9-,10-/m0/s1. The maximum atomic E-state index is 10.8. The highest BCUT2D eigenvalue weighted by atomic mass is 16.2. The quantitative estimate of drug-likeness (QED) is 0.681. The van der Waals surface area contributed by atoms with Gasteiger partial charge >= 0.3 is 0 Å². The molecule has 2 N–H and O–H groups in total. The van der Waals surface area contributed by atoms with Crippen LogP contribution in [-0.4, -0.2) is 23.9 Å². The van der Waals surface area contributed by atoms with Crippen molar-refractivity contribution in [1.29, 1.82) is 0 Å². The van der Waals surface area contributed by atoms with Gasteiger partial charge in [-0.05, 0) is 25.7 Å². The van der Waals surface area contributed by atoms with E-state index in [4.69, 9.17) is 0 Å². The second kappa shape index (κ2) is 4.98. The first-order valence-corrected chi connectivity index (χ1v) is 5.12. The Morgan fingerprint density at radius 2 is 1.43 bits per heavy atom. The fourth-order valence-corrected chi connectivity index (χ4v) is 2.03. The Labute approximate surface area is 84.4 Å². The number of carbonyl (C=O) groups is 2. The first kappa shape index (κ1) is 11.0. The Morgan fingerprint density at radius 3 is 1.79 bits per heavy atom. The second-order valence-electron chi connectivity index (χ2n) is 3.96. The average molecular weight is 198 g/mol. The van der Waals surface area contributed by atoms with Gasteiger partial charge in [0.05, 0.1) is 0 Å². The van der Waals surface area contributed by atoms with Crippen molar-refractivity contribution in [3.63, 3.8) is 0 Å². The molecule has 0 aromatic rings. The van der Waals surface area contributed by atoms with Crippen LogP contribution in [0.3, 0.4) is 0 Å². The number of hydrogen-bond donors (Lipinski definition) is 2. The largest absolute Gasteiger partial charge is 0.354 e. The SMILES string of the molecule is CC(=O)N[C@H]1CCC[C@H](NC(C)=O)C1. The van der Waals surface area contributed by atoms with E-state index in [1.807, 2.05) is 0 Å². The predicted octanol–water partition coefficient (Wildman–Crippen LogP) is 0.570. The first-order chi connectivity index (χ1) is 6.58. The zero-order chi connectivity index (χ0) is 10.6. The molecule has 1 saturated carbocycles. The van der Waals surface area contributed by atoms with Gasteiger partial charge in [0.2, 0.25) is 11.8 Å². The molecule has 1 fully saturated rings. The zero-order valence-corrected chi connectivity index (χ0v) is 8.80. The minimum atomic E-state index is 0.0125. The lowest BCUT2D eigenvalue weighted by atomic mass is 9.91. The molecule has 0 unspecified atom stereocenters. The predicted molar refractivity (Wildman–Crippen MR) is 53.7 cm³/mol. The van der Waals surface area contributed by atoms with Crippen LogP contribution in [0.4, 0.5) is 0 Å². The lowest BCUT2D eigenvalue weighted by molar-refractivity contribution is -0.120. The number of carbonyl (C=O) groups excluding carboxylic acids is 2. The molecule has 0 saturated heterocycles. The van der Waals surface area contributed by atoms with Crippen molar-refractivity contribution in [1.82, 2.24) is 10.6 Å². The molecule has 0 aliphatic heterocycles. The summed E-state index contributed by atoms with van der Waals surface area (Å²) in [7, 11) is 0. The third-order valence-corrected chi connectivity index (χ3v) is 2.49. The molecule has 14 heavy (non-hydrogen) atoms. The molecule has 0 bridgehead atoms. The highest BCUT2D eigenvalue weighted by Gasteiger charge is 2.22. The Balaban J connectivity index is 2.35. The molecule has 1 aliphatic carbocycles. The topological polar surface area (TPSA) is 58.2 Å². The van der Waals surface area contributed by atoms with Crippen LogP contribution in [-0.2, 0) is 9.59 Å². The van der Waals surface area contributed by atoms with E-state index in [1.54, 1.807) is 0 Å². The Morgan fingerprint density at radius 1 is 1.00 bits per heavy atom. The van der Waals surface area contributed by atoms with Crippen LogP contribution in [0.25, 0.3) is 0 Å². The van der Waals surface area contributed by atoms with Crippen LogP contribution in [0, 0.1) is 0 Å². The van der Waals surface area contributed by atoms with E-state index >= 15 is 0 Å².